The van der Waals surface area contributed by atoms with Crippen LogP contribution in [-0.2, 0) is 0 Å². The van der Waals surface area contributed by atoms with Crippen molar-refractivity contribution in [3.05, 3.63) is 35.9 Å². The standard InChI is InChI=1S/C12H11N3O/c1-7-11(16-8(2)13-7)12-14-9-5-3-4-6-10(9)15-12/h3-6H,1-2H3,(H,14,15). The van der Waals surface area contributed by atoms with Crippen LogP contribution in [0.5, 0.6) is 0 Å². The van der Waals surface area contributed by atoms with Gasteiger partial charge in [-0.2, -0.15) is 0 Å². The Morgan fingerprint density at radius 3 is 2.62 bits per heavy atom. The Kier molecular flexibility index (Phi) is 1.83. The lowest BCUT2D eigenvalue weighted by Crippen LogP contribution is -1.80. The van der Waals surface area contributed by atoms with Crippen LogP contribution in [0.15, 0.2) is 28.7 Å². The first kappa shape index (κ1) is 9.15. The Morgan fingerprint density at radius 1 is 1.12 bits per heavy atom. The van der Waals surface area contributed by atoms with Crippen LogP contribution in [-0.4, -0.2) is 15.0 Å². The Bertz CT molecular complexity index is 618. The molecule has 0 radical (unpaired) electrons. The number of H-pyrrole nitrogens is 1. The highest BCUT2D eigenvalue weighted by Gasteiger charge is 2.13. The van der Waals surface area contributed by atoms with Gasteiger partial charge in [-0.25, -0.2) is 9.97 Å². The van der Waals surface area contributed by atoms with Gasteiger partial charge in [0.15, 0.2) is 17.5 Å². The van der Waals surface area contributed by atoms with E-state index in [2.05, 4.69) is 15.0 Å². The fourth-order valence-electron chi connectivity index (χ4n) is 1.81. The van der Waals surface area contributed by atoms with Gasteiger partial charge in [-0.1, -0.05) is 12.1 Å². The Morgan fingerprint density at radius 2 is 1.94 bits per heavy atom. The summed E-state index contributed by atoms with van der Waals surface area (Å²) in [6.07, 6.45) is 0. The van der Waals surface area contributed by atoms with Gasteiger partial charge in [-0.3, -0.25) is 0 Å². The van der Waals surface area contributed by atoms with Crippen LogP contribution in [0.3, 0.4) is 0 Å². The van der Waals surface area contributed by atoms with Gasteiger partial charge in [-0.05, 0) is 19.1 Å². The number of aromatic amines is 1. The van der Waals surface area contributed by atoms with Crippen LogP contribution < -0.4 is 0 Å². The molecular weight excluding hydrogens is 202 g/mol. The first-order valence-electron chi connectivity index (χ1n) is 5.13. The van der Waals surface area contributed by atoms with Gasteiger partial charge in [0, 0.05) is 6.92 Å². The monoisotopic (exact) mass is 213 g/mol. The number of para-hydroxylation sites is 2. The minimum absolute atomic E-state index is 0.660. The predicted molar refractivity (Wildman–Crippen MR) is 61.1 cm³/mol. The lowest BCUT2D eigenvalue weighted by atomic mass is 10.3. The maximum absolute atomic E-state index is 5.53. The van der Waals surface area contributed by atoms with E-state index >= 15 is 0 Å². The second-order valence-electron chi connectivity index (χ2n) is 3.75. The van der Waals surface area contributed by atoms with Gasteiger partial charge in [0.25, 0.3) is 0 Å². The molecule has 0 spiro atoms. The normalized spacial score (nSPS) is 11.1. The molecule has 0 aliphatic heterocycles. The van der Waals surface area contributed by atoms with E-state index in [4.69, 9.17) is 4.42 Å². The van der Waals surface area contributed by atoms with Crippen molar-refractivity contribution >= 4 is 11.0 Å². The van der Waals surface area contributed by atoms with E-state index in [0.29, 0.717) is 11.7 Å². The van der Waals surface area contributed by atoms with Crippen molar-refractivity contribution in [2.24, 2.45) is 0 Å². The van der Waals surface area contributed by atoms with Gasteiger partial charge < -0.3 is 9.40 Å². The zero-order chi connectivity index (χ0) is 11.1. The highest BCUT2D eigenvalue weighted by molar-refractivity contribution is 5.78. The van der Waals surface area contributed by atoms with Crippen LogP contribution >= 0.6 is 0 Å². The van der Waals surface area contributed by atoms with Crippen molar-refractivity contribution in [3.63, 3.8) is 0 Å². The number of aryl methyl sites for hydroxylation is 2. The Balaban J connectivity index is 2.22. The number of benzene rings is 1. The van der Waals surface area contributed by atoms with Gasteiger partial charge in [0.2, 0.25) is 0 Å². The number of aromatic nitrogens is 3. The third kappa shape index (κ3) is 1.31. The molecule has 0 aliphatic rings. The Labute approximate surface area is 92.3 Å². The molecule has 0 unspecified atom stereocenters. The van der Waals surface area contributed by atoms with Crippen LogP contribution in [0, 0.1) is 13.8 Å². The molecule has 4 heteroatoms. The molecule has 0 atom stereocenters. The molecule has 0 bridgehead atoms. The molecule has 0 amide bonds. The molecule has 80 valence electrons. The number of oxazole rings is 1. The van der Waals surface area contributed by atoms with Crippen molar-refractivity contribution in [2.75, 3.05) is 0 Å². The van der Waals surface area contributed by atoms with Gasteiger partial charge >= 0.3 is 0 Å². The summed E-state index contributed by atoms with van der Waals surface area (Å²) < 4.78 is 5.53. The maximum atomic E-state index is 5.53. The molecule has 0 fully saturated rings. The van der Waals surface area contributed by atoms with Gasteiger partial charge in [0.05, 0.1) is 16.7 Å². The molecule has 4 nitrogen and oxygen atoms in total. The SMILES string of the molecule is Cc1nc(C)c(-c2nc3ccccc3[nH]2)o1. The molecule has 0 saturated carbocycles. The fourth-order valence-corrected chi connectivity index (χ4v) is 1.81. The predicted octanol–water partition coefficient (Wildman–Crippen LogP) is 2.83. The van der Waals surface area contributed by atoms with E-state index < -0.39 is 0 Å². The highest BCUT2D eigenvalue weighted by atomic mass is 16.4. The number of nitrogens with zero attached hydrogens (tertiary/aromatic N) is 2. The number of hydrogen-bond acceptors (Lipinski definition) is 3. The second kappa shape index (κ2) is 3.20. The highest BCUT2D eigenvalue weighted by Crippen LogP contribution is 2.23. The third-order valence-electron chi connectivity index (χ3n) is 2.51. The van der Waals surface area contributed by atoms with Crippen LogP contribution in [0.4, 0.5) is 0 Å². The summed E-state index contributed by atoms with van der Waals surface area (Å²) >= 11 is 0. The lowest BCUT2D eigenvalue weighted by molar-refractivity contribution is 0.531. The van der Waals surface area contributed by atoms with Crippen molar-refractivity contribution in [3.8, 4) is 11.6 Å². The third-order valence-corrected chi connectivity index (χ3v) is 2.51. The topological polar surface area (TPSA) is 54.7 Å². The van der Waals surface area contributed by atoms with E-state index in [0.717, 1.165) is 22.6 Å². The molecule has 1 N–H and O–H groups in total. The van der Waals surface area contributed by atoms with Crippen molar-refractivity contribution < 1.29 is 4.42 Å². The number of rotatable bonds is 1. The van der Waals surface area contributed by atoms with Crippen molar-refractivity contribution in [2.45, 2.75) is 13.8 Å². The molecule has 0 aliphatic carbocycles. The zero-order valence-corrected chi connectivity index (χ0v) is 9.11. The number of imidazole rings is 1. The molecule has 3 aromatic rings. The van der Waals surface area contributed by atoms with Gasteiger partial charge in [-0.15, -0.1) is 0 Å². The van der Waals surface area contributed by atoms with E-state index in [9.17, 15) is 0 Å². The average Bonchev–Trinajstić information content (AvgIpc) is 2.81. The molecule has 0 saturated heterocycles. The number of fused-ring (bicyclic) bond motifs is 1. The van der Waals surface area contributed by atoms with Crippen LogP contribution in [0.25, 0.3) is 22.6 Å². The van der Waals surface area contributed by atoms with E-state index in [1.54, 1.807) is 0 Å². The number of nitrogens with one attached hydrogen (secondary N) is 1. The van der Waals surface area contributed by atoms with E-state index in [1.165, 1.54) is 0 Å². The molecule has 3 rings (SSSR count). The molecule has 1 aromatic carbocycles. The first-order valence-corrected chi connectivity index (χ1v) is 5.13. The molecular formula is C12H11N3O. The summed E-state index contributed by atoms with van der Waals surface area (Å²) in [7, 11) is 0. The van der Waals surface area contributed by atoms with Gasteiger partial charge in [0.1, 0.15) is 0 Å². The van der Waals surface area contributed by atoms with E-state index in [1.807, 2.05) is 38.1 Å². The summed E-state index contributed by atoms with van der Waals surface area (Å²) in [5, 5.41) is 0. The Hall–Kier alpha value is -2.10. The largest absolute Gasteiger partial charge is 0.437 e. The summed E-state index contributed by atoms with van der Waals surface area (Å²) in [6, 6.07) is 7.90. The maximum Gasteiger partial charge on any atom is 0.192 e. The second-order valence-corrected chi connectivity index (χ2v) is 3.75. The molecule has 2 heterocycles. The smallest absolute Gasteiger partial charge is 0.192 e. The number of hydrogen-bond donors (Lipinski definition) is 1. The fraction of sp³-hybridized carbons (Fsp3) is 0.167. The summed E-state index contributed by atoms with van der Waals surface area (Å²) in [4.78, 5) is 11.9. The minimum atomic E-state index is 0.660. The van der Waals surface area contributed by atoms with Crippen LogP contribution in [0.2, 0.25) is 0 Å². The van der Waals surface area contributed by atoms with Crippen LogP contribution in [0.1, 0.15) is 11.6 Å². The average molecular weight is 213 g/mol. The minimum Gasteiger partial charge on any atom is -0.437 e. The summed E-state index contributed by atoms with van der Waals surface area (Å²) in [5.74, 6) is 2.11. The lowest BCUT2D eigenvalue weighted by Gasteiger charge is -1.89. The van der Waals surface area contributed by atoms with Crippen molar-refractivity contribution in [1.82, 2.24) is 15.0 Å². The molecule has 16 heavy (non-hydrogen) atoms. The summed E-state index contributed by atoms with van der Waals surface area (Å²) in [6.45, 7) is 3.75. The zero-order valence-electron chi connectivity index (χ0n) is 9.11. The summed E-state index contributed by atoms with van der Waals surface area (Å²) in [5.41, 5.74) is 2.80. The van der Waals surface area contributed by atoms with Crippen molar-refractivity contribution in [1.29, 1.82) is 0 Å². The van der Waals surface area contributed by atoms with E-state index in [-0.39, 0.29) is 0 Å². The molecule has 2 aromatic heterocycles. The first-order chi connectivity index (χ1) is 7.74. The quantitative estimate of drug-likeness (QED) is 0.676.